The van der Waals surface area contributed by atoms with Gasteiger partial charge < -0.3 is 5.32 Å². The molecule has 1 amide bonds. The minimum Gasteiger partial charge on any atom is -0.325 e. The predicted octanol–water partition coefficient (Wildman–Crippen LogP) is 3.26. The Morgan fingerprint density at radius 1 is 0.714 bits per heavy atom. The molecule has 0 bridgehead atoms. The number of carbonyl (C=O) groups excluding carboxylic acids is 1. The SMILES string of the molecule is O=C(CN(C1CCCCC1)S(=O)(=O)c1ccc(S(=O)(=O)NC2CC2)cc1)Nc1ccc(S(=O)(=O)N2CCCCC2)cc1. The number of sulfonamides is 3. The van der Waals surface area contributed by atoms with E-state index in [9.17, 15) is 30.0 Å². The van der Waals surface area contributed by atoms with Crippen LogP contribution in [0.3, 0.4) is 0 Å². The Kier molecular flexibility index (Phi) is 9.40. The van der Waals surface area contributed by atoms with Gasteiger partial charge in [0.2, 0.25) is 36.0 Å². The average Bonchev–Trinajstić information content (AvgIpc) is 3.80. The van der Waals surface area contributed by atoms with Gasteiger partial charge in [-0.2, -0.15) is 8.61 Å². The van der Waals surface area contributed by atoms with Crippen molar-refractivity contribution in [2.75, 3.05) is 25.0 Å². The van der Waals surface area contributed by atoms with E-state index in [4.69, 9.17) is 0 Å². The zero-order valence-electron chi connectivity index (χ0n) is 23.4. The number of amides is 1. The zero-order valence-corrected chi connectivity index (χ0v) is 25.9. The highest BCUT2D eigenvalue weighted by molar-refractivity contribution is 7.90. The number of hydrogen-bond acceptors (Lipinski definition) is 7. The zero-order chi connectivity index (χ0) is 30.0. The molecule has 0 spiro atoms. The fraction of sp³-hybridized carbons (Fsp3) is 0.536. The highest BCUT2D eigenvalue weighted by Crippen LogP contribution is 2.29. The average molecular weight is 639 g/mol. The predicted molar refractivity (Wildman–Crippen MR) is 158 cm³/mol. The van der Waals surface area contributed by atoms with Gasteiger partial charge in [0, 0.05) is 30.9 Å². The van der Waals surface area contributed by atoms with Gasteiger partial charge >= 0.3 is 0 Å². The molecule has 5 rings (SSSR count). The van der Waals surface area contributed by atoms with E-state index in [-0.39, 0.29) is 26.8 Å². The molecule has 3 fully saturated rings. The van der Waals surface area contributed by atoms with Crippen LogP contribution in [0, 0.1) is 0 Å². The number of benzene rings is 2. The van der Waals surface area contributed by atoms with Crippen molar-refractivity contribution in [3.05, 3.63) is 48.5 Å². The molecule has 3 aliphatic rings. The third-order valence-corrected chi connectivity index (χ3v) is 13.4. The van der Waals surface area contributed by atoms with E-state index in [1.165, 1.54) is 57.1 Å². The summed E-state index contributed by atoms with van der Waals surface area (Å²) in [6.45, 7) is 0.550. The summed E-state index contributed by atoms with van der Waals surface area (Å²) in [7, 11) is -11.5. The first-order valence-corrected chi connectivity index (χ1v) is 18.9. The molecule has 14 heteroatoms. The summed E-state index contributed by atoms with van der Waals surface area (Å²) < 4.78 is 83.8. The van der Waals surface area contributed by atoms with E-state index >= 15 is 0 Å². The van der Waals surface area contributed by atoms with E-state index in [0.29, 0.717) is 31.6 Å². The van der Waals surface area contributed by atoms with Gasteiger partial charge in [0.25, 0.3) is 0 Å². The molecule has 0 unspecified atom stereocenters. The van der Waals surface area contributed by atoms with Crippen LogP contribution in [0.4, 0.5) is 5.69 Å². The maximum Gasteiger partial charge on any atom is 0.243 e. The summed E-state index contributed by atoms with van der Waals surface area (Å²) in [6, 6.07) is 10.5. The molecule has 2 aliphatic carbocycles. The van der Waals surface area contributed by atoms with Crippen LogP contribution in [-0.2, 0) is 34.9 Å². The molecular formula is C28H38N4O7S3. The first-order valence-electron chi connectivity index (χ1n) is 14.5. The fourth-order valence-corrected chi connectivity index (χ4v) is 9.96. The standard InChI is InChI=1S/C28H38N4O7S3/c33-28(29-22-11-13-26(14-12-22)41(36,37)31-19-5-2-6-20-31)21-32(24-7-3-1-4-8-24)42(38,39)27-17-15-25(16-18-27)40(34,35)30-23-9-10-23/h11-18,23-24,30H,1-10,19-21H2,(H,29,33). The van der Waals surface area contributed by atoms with Crippen molar-refractivity contribution in [2.45, 2.75) is 91.0 Å². The lowest BCUT2D eigenvalue weighted by Gasteiger charge is -2.33. The maximum atomic E-state index is 13.8. The van der Waals surface area contributed by atoms with Crippen LogP contribution in [0.15, 0.2) is 63.2 Å². The molecule has 2 aromatic rings. The van der Waals surface area contributed by atoms with Gasteiger partial charge in [0.15, 0.2) is 0 Å². The van der Waals surface area contributed by atoms with Crippen LogP contribution in [0.5, 0.6) is 0 Å². The number of piperidine rings is 1. The number of rotatable bonds is 11. The van der Waals surface area contributed by atoms with E-state index in [0.717, 1.165) is 51.4 Å². The summed E-state index contributed by atoms with van der Waals surface area (Å²) in [5, 5.41) is 2.71. The molecule has 0 radical (unpaired) electrons. The molecule has 0 atom stereocenters. The van der Waals surface area contributed by atoms with Crippen LogP contribution in [-0.4, -0.2) is 71.5 Å². The molecule has 1 saturated heterocycles. The van der Waals surface area contributed by atoms with Crippen molar-refractivity contribution in [3.8, 4) is 0 Å². The second-order valence-corrected chi connectivity index (χ2v) is 16.8. The van der Waals surface area contributed by atoms with Gasteiger partial charge in [-0.25, -0.2) is 30.0 Å². The first-order chi connectivity index (χ1) is 20.0. The third-order valence-electron chi connectivity index (χ3n) is 8.01. The third kappa shape index (κ3) is 7.22. The number of nitrogens with zero attached hydrogens (tertiary/aromatic N) is 2. The molecule has 1 aliphatic heterocycles. The highest BCUT2D eigenvalue weighted by atomic mass is 32.2. The van der Waals surface area contributed by atoms with Crippen molar-refractivity contribution in [1.29, 1.82) is 0 Å². The molecule has 2 aromatic carbocycles. The summed E-state index contributed by atoms with van der Waals surface area (Å²) in [5.41, 5.74) is 0.358. The molecule has 2 N–H and O–H groups in total. The van der Waals surface area contributed by atoms with Crippen molar-refractivity contribution in [2.24, 2.45) is 0 Å². The van der Waals surface area contributed by atoms with E-state index in [2.05, 4.69) is 10.0 Å². The van der Waals surface area contributed by atoms with Gasteiger partial charge in [-0.1, -0.05) is 25.7 Å². The summed E-state index contributed by atoms with van der Waals surface area (Å²) in [5.74, 6) is -0.552. The van der Waals surface area contributed by atoms with Crippen molar-refractivity contribution in [1.82, 2.24) is 13.3 Å². The van der Waals surface area contributed by atoms with Crippen molar-refractivity contribution < 1.29 is 30.0 Å². The summed E-state index contributed by atoms with van der Waals surface area (Å²) in [6.07, 6.45) is 8.14. The monoisotopic (exact) mass is 638 g/mol. The van der Waals surface area contributed by atoms with Crippen LogP contribution < -0.4 is 10.0 Å². The summed E-state index contributed by atoms with van der Waals surface area (Å²) in [4.78, 5) is 13.2. The van der Waals surface area contributed by atoms with Gasteiger partial charge in [-0.05, 0) is 87.1 Å². The molecule has 0 aromatic heterocycles. The molecule has 230 valence electrons. The second-order valence-electron chi connectivity index (χ2n) is 11.2. The highest BCUT2D eigenvalue weighted by Gasteiger charge is 2.35. The number of anilines is 1. The quantitative estimate of drug-likeness (QED) is 0.384. The smallest absolute Gasteiger partial charge is 0.243 e. The van der Waals surface area contributed by atoms with Crippen LogP contribution in [0.2, 0.25) is 0 Å². The van der Waals surface area contributed by atoms with Crippen molar-refractivity contribution in [3.63, 3.8) is 0 Å². The molecule has 1 heterocycles. The Morgan fingerprint density at radius 3 is 1.86 bits per heavy atom. The number of hydrogen-bond donors (Lipinski definition) is 2. The van der Waals surface area contributed by atoms with Crippen molar-refractivity contribution >= 4 is 41.7 Å². The molecule has 11 nitrogen and oxygen atoms in total. The molecular weight excluding hydrogens is 601 g/mol. The minimum absolute atomic E-state index is 0.0129. The van der Waals surface area contributed by atoms with Gasteiger partial charge in [0.05, 0.1) is 21.2 Å². The fourth-order valence-electron chi connectivity index (χ4n) is 5.50. The normalized spacial score (nSPS) is 19.5. The lowest BCUT2D eigenvalue weighted by atomic mass is 9.95. The van der Waals surface area contributed by atoms with E-state index in [1.54, 1.807) is 0 Å². The lowest BCUT2D eigenvalue weighted by molar-refractivity contribution is -0.116. The van der Waals surface area contributed by atoms with Gasteiger partial charge in [-0.15, -0.1) is 0 Å². The Balaban J connectivity index is 1.30. The van der Waals surface area contributed by atoms with Gasteiger partial charge in [-0.3, -0.25) is 4.79 Å². The number of carbonyl (C=O) groups is 1. The number of nitrogens with one attached hydrogen (secondary N) is 2. The molecule has 42 heavy (non-hydrogen) atoms. The Morgan fingerprint density at radius 2 is 1.26 bits per heavy atom. The Labute approximate surface area is 248 Å². The topological polar surface area (TPSA) is 150 Å². The van der Waals surface area contributed by atoms with E-state index < -0.39 is 42.5 Å². The second kappa shape index (κ2) is 12.7. The van der Waals surface area contributed by atoms with Crippen LogP contribution >= 0.6 is 0 Å². The molecule has 2 saturated carbocycles. The summed E-state index contributed by atoms with van der Waals surface area (Å²) >= 11 is 0. The first kappa shape index (κ1) is 31.1. The van der Waals surface area contributed by atoms with E-state index in [1.807, 2.05) is 0 Å². The maximum absolute atomic E-state index is 13.8. The minimum atomic E-state index is -4.13. The van der Waals surface area contributed by atoms with Gasteiger partial charge in [0.1, 0.15) is 0 Å². The van der Waals surface area contributed by atoms with Crippen LogP contribution in [0.1, 0.15) is 64.2 Å². The van der Waals surface area contributed by atoms with Crippen LogP contribution in [0.25, 0.3) is 0 Å². The Hall–Kier alpha value is -2.36. The largest absolute Gasteiger partial charge is 0.325 e. The lowest BCUT2D eigenvalue weighted by Crippen LogP contribution is -2.45. The Bertz CT molecular complexity index is 1580.